The lowest BCUT2D eigenvalue weighted by Crippen LogP contribution is -2.38. The second-order valence-electron chi connectivity index (χ2n) is 6.60. The van der Waals surface area contributed by atoms with Crippen LogP contribution in [0.1, 0.15) is 32.6 Å². The summed E-state index contributed by atoms with van der Waals surface area (Å²) in [6, 6.07) is 2.96. The van der Waals surface area contributed by atoms with Gasteiger partial charge in [0.15, 0.2) is 11.6 Å². The summed E-state index contributed by atoms with van der Waals surface area (Å²) in [6.07, 6.45) is 3.51. The molecule has 0 aliphatic carbocycles. The molecule has 8 heteroatoms. The molecule has 0 spiro atoms. The van der Waals surface area contributed by atoms with Gasteiger partial charge >= 0.3 is 0 Å². The van der Waals surface area contributed by atoms with E-state index in [0.29, 0.717) is 12.3 Å². The van der Waals surface area contributed by atoms with Crippen molar-refractivity contribution in [2.75, 3.05) is 30.2 Å². The number of benzene rings is 1. The molecule has 0 bridgehead atoms. The third-order valence-electron chi connectivity index (χ3n) is 4.48. The highest BCUT2D eigenvalue weighted by Crippen LogP contribution is 2.22. The summed E-state index contributed by atoms with van der Waals surface area (Å²) in [6.45, 7) is 3.67. The van der Waals surface area contributed by atoms with Crippen LogP contribution in [0.5, 0.6) is 0 Å². The number of likely N-dealkylation sites (tertiary alicyclic amines) is 1. The van der Waals surface area contributed by atoms with Gasteiger partial charge in [0.2, 0.25) is 15.9 Å². The van der Waals surface area contributed by atoms with E-state index in [4.69, 9.17) is 0 Å². The molecule has 140 valence electrons. The first kappa shape index (κ1) is 19.6. The van der Waals surface area contributed by atoms with Crippen LogP contribution in [-0.4, -0.2) is 45.1 Å². The number of sulfonamides is 1. The first-order valence-corrected chi connectivity index (χ1v) is 10.2. The van der Waals surface area contributed by atoms with Crippen molar-refractivity contribution in [1.29, 1.82) is 0 Å². The minimum absolute atomic E-state index is 0.00522. The fourth-order valence-corrected chi connectivity index (χ4v) is 3.87. The molecule has 1 saturated heterocycles. The second-order valence-corrected chi connectivity index (χ2v) is 8.51. The summed E-state index contributed by atoms with van der Waals surface area (Å²) in [5.41, 5.74) is 0.0562. The van der Waals surface area contributed by atoms with E-state index >= 15 is 0 Å². The van der Waals surface area contributed by atoms with E-state index in [0.717, 1.165) is 48.6 Å². The Bertz CT molecular complexity index is 717. The van der Waals surface area contributed by atoms with Crippen molar-refractivity contribution in [2.45, 2.75) is 32.6 Å². The summed E-state index contributed by atoms with van der Waals surface area (Å²) in [5.74, 6) is -1.51. The number of anilines is 1. The van der Waals surface area contributed by atoms with Gasteiger partial charge in [-0.3, -0.25) is 9.10 Å². The molecule has 1 heterocycles. The molecule has 0 atom stereocenters. The van der Waals surface area contributed by atoms with Crippen molar-refractivity contribution in [3.63, 3.8) is 0 Å². The fraction of sp³-hybridized carbons (Fsp3) is 0.588. The molecule has 0 radical (unpaired) electrons. The third-order valence-corrected chi connectivity index (χ3v) is 5.67. The van der Waals surface area contributed by atoms with Crippen LogP contribution in [0.25, 0.3) is 0 Å². The van der Waals surface area contributed by atoms with Gasteiger partial charge in [0.1, 0.15) is 0 Å². The highest BCUT2D eigenvalue weighted by molar-refractivity contribution is 7.92. The number of rotatable bonds is 6. The maximum atomic E-state index is 13.4. The topological polar surface area (TPSA) is 57.7 Å². The normalized spacial score (nSPS) is 16.1. The molecule has 5 nitrogen and oxygen atoms in total. The lowest BCUT2D eigenvalue weighted by Gasteiger charge is -2.30. The van der Waals surface area contributed by atoms with Crippen LogP contribution >= 0.6 is 0 Å². The van der Waals surface area contributed by atoms with Crippen molar-refractivity contribution in [1.82, 2.24) is 4.90 Å². The molecule has 1 aliphatic heterocycles. The average molecular weight is 374 g/mol. The Labute approximate surface area is 147 Å². The van der Waals surface area contributed by atoms with Gasteiger partial charge in [0.05, 0.1) is 11.9 Å². The number of halogens is 2. The first-order chi connectivity index (χ1) is 11.7. The van der Waals surface area contributed by atoms with Gasteiger partial charge in [-0.1, -0.05) is 6.92 Å². The fourth-order valence-electron chi connectivity index (χ4n) is 2.92. The smallest absolute Gasteiger partial charge is 0.232 e. The van der Waals surface area contributed by atoms with Gasteiger partial charge in [0.25, 0.3) is 0 Å². The highest BCUT2D eigenvalue weighted by Gasteiger charge is 2.22. The molecule has 1 amide bonds. The largest absolute Gasteiger partial charge is 0.343 e. The molecule has 2 rings (SSSR count). The van der Waals surface area contributed by atoms with Crippen molar-refractivity contribution in [3.05, 3.63) is 29.8 Å². The van der Waals surface area contributed by atoms with Crippen molar-refractivity contribution < 1.29 is 22.0 Å². The minimum atomic E-state index is -3.66. The molecule has 25 heavy (non-hydrogen) atoms. The Hall–Kier alpha value is -1.70. The lowest BCUT2D eigenvalue weighted by molar-refractivity contribution is -0.132. The quantitative estimate of drug-likeness (QED) is 0.769. The van der Waals surface area contributed by atoms with Crippen LogP contribution in [0, 0.1) is 17.6 Å². The molecule has 0 unspecified atom stereocenters. The van der Waals surface area contributed by atoms with E-state index < -0.39 is 21.7 Å². The summed E-state index contributed by atoms with van der Waals surface area (Å²) >= 11 is 0. The second kappa shape index (κ2) is 8.12. The van der Waals surface area contributed by atoms with E-state index in [9.17, 15) is 22.0 Å². The van der Waals surface area contributed by atoms with E-state index in [1.165, 1.54) is 6.07 Å². The standard InChI is InChI=1S/C17H24F2N2O3S/c1-13-7-10-20(11-8-13)17(22)4-3-9-21(25(2,23)24)14-5-6-15(18)16(19)12-14/h5-6,12-13H,3-4,7-11H2,1-2H3. The van der Waals surface area contributed by atoms with E-state index in [2.05, 4.69) is 6.92 Å². The van der Waals surface area contributed by atoms with Gasteiger partial charge < -0.3 is 4.90 Å². The molecule has 1 aromatic carbocycles. The van der Waals surface area contributed by atoms with Gasteiger partial charge in [0, 0.05) is 32.1 Å². The molecule has 1 fully saturated rings. The van der Waals surface area contributed by atoms with Crippen LogP contribution in [0.15, 0.2) is 18.2 Å². The van der Waals surface area contributed by atoms with Crippen molar-refractivity contribution in [2.24, 2.45) is 5.92 Å². The highest BCUT2D eigenvalue weighted by atomic mass is 32.2. The predicted octanol–water partition coefficient (Wildman–Crippen LogP) is 2.77. The van der Waals surface area contributed by atoms with Crippen LogP contribution in [0.3, 0.4) is 0 Å². The first-order valence-electron chi connectivity index (χ1n) is 8.39. The minimum Gasteiger partial charge on any atom is -0.343 e. The van der Waals surface area contributed by atoms with Gasteiger partial charge in [-0.15, -0.1) is 0 Å². The molecular weight excluding hydrogens is 350 g/mol. The zero-order valence-corrected chi connectivity index (χ0v) is 15.4. The van der Waals surface area contributed by atoms with Gasteiger partial charge in [-0.2, -0.15) is 0 Å². The number of carbonyl (C=O) groups excluding carboxylic acids is 1. The van der Waals surface area contributed by atoms with E-state index in [1.807, 2.05) is 4.90 Å². The summed E-state index contributed by atoms with van der Waals surface area (Å²) in [7, 11) is -3.66. The molecule has 0 saturated carbocycles. The molecular formula is C17H24F2N2O3S. The monoisotopic (exact) mass is 374 g/mol. The van der Waals surface area contributed by atoms with Crippen LogP contribution in [0.4, 0.5) is 14.5 Å². The Kier molecular flexibility index (Phi) is 6.37. The SMILES string of the molecule is CC1CCN(C(=O)CCCN(c2ccc(F)c(F)c2)S(C)(=O)=O)CC1. The van der Waals surface area contributed by atoms with Crippen LogP contribution < -0.4 is 4.31 Å². The Morgan fingerprint density at radius 2 is 1.88 bits per heavy atom. The third kappa shape index (κ3) is 5.39. The van der Waals surface area contributed by atoms with Gasteiger partial charge in [-0.25, -0.2) is 17.2 Å². The molecule has 1 aliphatic rings. The summed E-state index contributed by atoms with van der Waals surface area (Å²) in [4.78, 5) is 14.0. The zero-order chi connectivity index (χ0) is 18.6. The van der Waals surface area contributed by atoms with Crippen molar-refractivity contribution in [3.8, 4) is 0 Å². The van der Waals surface area contributed by atoms with Gasteiger partial charge in [-0.05, 0) is 37.3 Å². The number of carbonyl (C=O) groups is 1. The maximum absolute atomic E-state index is 13.4. The maximum Gasteiger partial charge on any atom is 0.232 e. The number of hydrogen-bond donors (Lipinski definition) is 0. The molecule has 0 N–H and O–H groups in total. The molecule has 1 aromatic rings. The zero-order valence-electron chi connectivity index (χ0n) is 14.5. The lowest BCUT2D eigenvalue weighted by atomic mass is 9.99. The number of piperidine rings is 1. The Morgan fingerprint density at radius 3 is 2.44 bits per heavy atom. The van der Waals surface area contributed by atoms with Crippen LogP contribution in [0.2, 0.25) is 0 Å². The average Bonchev–Trinajstić information content (AvgIpc) is 2.53. The summed E-state index contributed by atoms with van der Waals surface area (Å²) < 4.78 is 51.4. The van der Waals surface area contributed by atoms with Crippen LogP contribution in [-0.2, 0) is 14.8 Å². The van der Waals surface area contributed by atoms with Crippen molar-refractivity contribution >= 4 is 21.6 Å². The number of amides is 1. The van der Waals surface area contributed by atoms with E-state index in [-0.39, 0.29) is 24.6 Å². The molecule has 0 aromatic heterocycles. The number of nitrogens with zero attached hydrogens (tertiary/aromatic N) is 2. The predicted molar refractivity (Wildman–Crippen MR) is 92.8 cm³/mol. The summed E-state index contributed by atoms with van der Waals surface area (Å²) in [5, 5.41) is 0. The number of hydrogen-bond acceptors (Lipinski definition) is 3. The van der Waals surface area contributed by atoms with E-state index in [1.54, 1.807) is 0 Å². The Balaban J connectivity index is 1.97. The Morgan fingerprint density at radius 1 is 1.24 bits per heavy atom.